The zero-order valence-electron chi connectivity index (χ0n) is 7.99. The maximum atomic E-state index is 10.4. The molecule has 0 fully saturated rings. The number of benzene rings is 1. The van der Waals surface area contributed by atoms with Gasteiger partial charge in [-0.2, -0.15) is 0 Å². The standard InChI is InChI=1S/C9H7NO6/c11-5-14-4-6-1-2-7-8(3-6)16-9(15-7)10(12)13/h1-3,5,9H,4H2. The van der Waals surface area contributed by atoms with Gasteiger partial charge < -0.3 is 14.2 Å². The fourth-order valence-corrected chi connectivity index (χ4v) is 1.29. The second-order valence-corrected chi connectivity index (χ2v) is 3.02. The predicted molar refractivity (Wildman–Crippen MR) is 49.3 cm³/mol. The smallest absolute Gasteiger partial charge is 0.463 e. The molecule has 0 N–H and O–H groups in total. The van der Waals surface area contributed by atoms with Crippen LogP contribution in [0.2, 0.25) is 0 Å². The minimum absolute atomic E-state index is 0.0866. The van der Waals surface area contributed by atoms with E-state index in [0.29, 0.717) is 17.8 Å². The van der Waals surface area contributed by atoms with Gasteiger partial charge in [0.2, 0.25) is 0 Å². The Kier molecular flexibility index (Phi) is 2.59. The molecule has 1 aromatic rings. The lowest BCUT2D eigenvalue weighted by Crippen LogP contribution is -2.27. The van der Waals surface area contributed by atoms with Crippen molar-refractivity contribution in [3.63, 3.8) is 0 Å². The average Bonchev–Trinajstić information content (AvgIpc) is 2.69. The van der Waals surface area contributed by atoms with Crippen molar-refractivity contribution >= 4 is 6.47 Å². The van der Waals surface area contributed by atoms with E-state index in [1.54, 1.807) is 6.07 Å². The summed E-state index contributed by atoms with van der Waals surface area (Å²) in [5.41, 5.74) is 0.665. The molecule has 0 spiro atoms. The molecule has 0 radical (unpaired) electrons. The third-order valence-corrected chi connectivity index (χ3v) is 1.95. The van der Waals surface area contributed by atoms with Crippen LogP contribution in [0.15, 0.2) is 18.2 Å². The minimum Gasteiger partial charge on any atom is -0.463 e. The molecule has 1 unspecified atom stereocenters. The Morgan fingerprint density at radius 2 is 2.19 bits per heavy atom. The van der Waals surface area contributed by atoms with E-state index in [-0.39, 0.29) is 12.4 Å². The summed E-state index contributed by atoms with van der Waals surface area (Å²) >= 11 is 0. The number of fused-ring (bicyclic) bond motifs is 1. The maximum absolute atomic E-state index is 10.4. The van der Waals surface area contributed by atoms with Gasteiger partial charge in [-0.15, -0.1) is 0 Å². The number of nitrogens with zero attached hydrogens (tertiary/aromatic N) is 1. The van der Waals surface area contributed by atoms with E-state index in [1.165, 1.54) is 12.1 Å². The zero-order chi connectivity index (χ0) is 11.5. The molecule has 0 aliphatic carbocycles. The predicted octanol–water partition coefficient (Wildman–Crippen LogP) is 0.691. The third-order valence-electron chi connectivity index (χ3n) is 1.95. The van der Waals surface area contributed by atoms with Crippen LogP contribution in [0.4, 0.5) is 0 Å². The van der Waals surface area contributed by atoms with Crippen LogP contribution in [0.1, 0.15) is 5.56 Å². The lowest BCUT2D eigenvalue weighted by atomic mass is 10.2. The van der Waals surface area contributed by atoms with E-state index in [0.717, 1.165) is 0 Å². The van der Waals surface area contributed by atoms with Gasteiger partial charge in [0, 0.05) is 0 Å². The molecule has 0 aromatic heterocycles. The summed E-state index contributed by atoms with van der Waals surface area (Å²) in [6, 6.07) is 4.69. The second kappa shape index (κ2) is 4.05. The summed E-state index contributed by atoms with van der Waals surface area (Å²) in [6.45, 7) is 0.410. The largest absolute Gasteiger partial charge is 0.517 e. The van der Waals surface area contributed by atoms with Crippen LogP contribution in [-0.4, -0.2) is 17.8 Å². The van der Waals surface area contributed by atoms with Crippen LogP contribution in [0, 0.1) is 10.1 Å². The SMILES string of the molecule is O=COCc1ccc2c(c1)OC([N+](=O)[O-])O2. The molecule has 16 heavy (non-hydrogen) atoms. The van der Waals surface area contributed by atoms with E-state index in [9.17, 15) is 14.9 Å². The van der Waals surface area contributed by atoms with Gasteiger partial charge in [-0.25, -0.2) is 0 Å². The van der Waals surface area contributed by atoms with E-state index in [2.05, 4.69) is 4.74 Å². The van der Waals surface area contributed by atoms with Crippen molar-refractivity contribution in [1.29, 1.82) is 0 Å². The molecular formula is C9H7NO6. The maximum Gasteiger partial charge on any atom is 0.517 e. The number of hydrogen-bond donors (Lipinski definition) is 0. The summed E-state index contributed by atoms with van der Waals surface area (Å²) < 4.78 is 14.4. The first kappa shape index (κ1) is 10.2. The van der Waals surface area contributed by atoms with Crippen molar-refractivity contribution in [3.05, 3.63) is 33.9 Å². The van der Waals surface area contributed by atoms with Crippen molar-refractivity contribution in [2.24, 2.45) is 0 Å². The molecule has 0 amide bonds. The van der Waals surface area contributed by atoms with Crippen LogP contribution >= 0.6 is 0 Å². The van der Waals surface area contributed by atoms with Crippen LogP contribution < -0.4 is 9.47 Å². The lowest BCUT2D eigenvalue weighted by Gasteiger charge is -2.00. The van der Waals surface area contributed by atoms with Crippen LogP contribution in [0.3, 0.4) is 0 Å². The van der Waals surface area contributed by atoms with E-state index >= 15 is 0 Å². The first-order valence-corrected chi connectivity index (χ1v) is 4.35. The highest BCUT2D eigenvalue weighted by Gasteiger charge is 2.33. The zero-order valence-corrected chi connectivity index (χ0v) is 7.99. The summed E-state index contributed by atoms with van der Waals surface area (Å²) in [4.78, 5) is 19.7. The van der Waals surface area contributed by atoms with Crippen molar-refractivity contribution in [3.8, 4) is 11.5 Å². The lowest BCUT2D eigenvalue weighted by molar-refractivity contribution is -0.600. The third kappa shape index (κ3) is 1.88. The van der Waals surface area contributed by atoms with E-state index in [4.69, 9.17) is 9.47 Å². The molecule has 1 heterocycles. The summed E-state index contributed by atoms with van der Waals surface area (Å²) in [5.74, 6) is 0.574. The summed E-state index contributed by atoms with van der Waals surface area (Å²) in [6.07, 6.45) is -1.50. The van der Waals surface area contributed by atoms with Gasteiger partial charge in [0.05, 0.1) is 0 Å². The highest BCUT2D eigenvalue weighted by molar-refractivity contribution is 5.45. The molecular weight excluding hydrogens is 218 g/mol. The normalized spacial score (nSPS) is 16.9. The average molecular weight is 225 g/mol. The Bertz CT molecular complexity index is 432. The Hall–Kier alpha value is -2.31. The molecule has 84 valence electrons. The quantitative estimate of drug-likeness (QED) is 0.425. The van der Waals surface area contributed by atoms with Crippen molar-refractivity contribution in [1.82, 2.24) is 0 Å². The fourth-order valence-electron chi connectivity index (χ4n) is 1.29. The molecule has 0 saturated heterocycles. The Morgan fingerprint density at radius 1 is 1.44 bits per heavy atom. The molecule has 1 atom stereocenters. The summed E-state index contributed by atoms with van der Waals surface area (Å²) in [7, 11) is 0. The molecule has 7 nitrogen and oxygen atoms in total. The highest BCUT2D eigenvalue weighted by Crippen LogP contribution is 2.35. The van der Waals surface area contributed by atoms with Crippen molar-refractivity contribution in [2.45, 2.75) is 13.0 Å². The molecule has 0 saturated carbocycles. The topological polar surface area (TPSA) is 87.9 Å². The van der Waals surface area contributed by atoms with Gasteiger partial charge in [0.1, 0.15) is 11.5 Å². The number of hydrogen-bond acceptors (Lipinski definition) is 6. The number of rotatable bonds is 4. The number of ether oxygens (including phenoxy) is 3. The first-order chi connectivity index (χ1) is 7.70. The van der Waals surface area contributed by atoms with Crippen LogP contribution in [0.5, 0.6) is 11.5 Å². The fraction of sp³-hybridized carbons (Fsp3) is 0.222. The molecule has 0 bridgehead atoms. The molecule has 7 heteroatoms. The van der Waals surface area contributed by atoms with Gasteiger partial charge in [0.15, 0.2) is 11.5 Å². The van der Waals surface area contributed by atoms with Crippen LogP contribution in [0.25, 0.3) is 0 Å². The molecule has 1 aliphatic rings. The van der Waals surface area contributed by atoms with Crippen LogP contribution in [-0.2, 0) is 16.1 Å². The Balaban J connectivity index is 2.14. The first-order valence-electron chi connectivity index (χ1n) is 4.35. The van der Waals surface area contributed by atoms with Crippen molar-refractivity contribution in [2.75, 3.05) is 0 Å². The van der Waals surface area contributed by atoms with E-state index < -0.39 is 11.3 Å². The number of carbonyl (C=O) groups is 1. The van der Waals surface area contributed by atoms with E-state index in [1.807, 2.05) is 0 Å². The minimum atomic E-state index is -1.50. The van der Waals surface area contributed by atoms with Crippen molar-refractivity contribution < 1.29 is 23.9 Å². The highest BCUT2D eigenvalue weighted by atomic mass is 16.8. The van der Waals surface area contributed by atoms with Gasteiger partial charge in [0.25, 0.3) is 6.47 Å². The summed E-state index contributed by atoms with van der Waals surface area (Å²) in [5, 5.41) is 10.4. The monoisotopic (exact) mass is 225 g/mol. The van der Waals surface area contributed by atoms with Gasteiger partial charge >= 0.3 is 6.41 Å². The van der Waals surface area contributed by atoms with Gasteiger partial charge in [-0.1, -0.05) is 6.07 Å². The Morgan fingerprint density at radius 3 is 2.88 bits per heavy atom. The Labute approximate surface area is 89.7 Å². The van der Waals surface area contributed by atoms with Gasteiger partial charge in [-0.05, 0) is 17.7 Å². The number of nitro groups is 1. The molecule has 1 aromatic carbocycles. The van der Waals surface area contributed by atoms with Gasteiger partial charge in [-0.3, -0.25) is 14.9 Å². The number of carbonyl (C=O) groups excluding carboxylic acids is 1. The molecule has 1 aliphatic heterocycles. The second-order valence-electron chi connectivity index (χ2n) is 3.02. The molecule has 2 rings (SSSR count).